The van der Waals surface area contributed by atoms with Crippen molar-refractivity contribution in [3.8, 4) is 17.2 Å². The Morgan fingerprint density at radius 1 is 0.800 bits per heavy atom. The van der Waals surface area contributed by atoms with Crippen LogP contribution in [0.2, 0.25) is 0 Å². The van der Waals surface area contributed by atoms with E-state index in [0.717, 1.165) is 39.2 Å². The number of hydrogen-bond acceptors (Lipinski definition) is 6. The van der Waals surface area contributed by atoms with E-state index in [9.17, 15) is 0 Å². The number of fused-ring (bicyclic) bond motifs is 3. The molecule has 0 saturated carbocycles. The monoisotopic (exact) mass is 418 g/mol. The van der Waals surface area contributed by atoms with Crippen molar-refractivity contribution in [2.75, 3.05) is 31.0 Å². The molecule has 3 aromatic carbocycles. The van der Waals surface area contributed by atoms with E-state index in [1.54, 1.807) is 7.11 Å². The molecule has 4 aromatic rings. The van der Waals surface area contributed by atoms with E-state index in [1.807, 2.05) is 54.6 Å². The Labute approximate surface area is 178 Å². The SMILES string of the molecule is COc1ccc(NC(=S)Nc2ccc3nc4cc5c(cc4nc3c2)OCCO5)cc1. The molecule has 2 heterocycles. The van der Waals surface area contributed by atoms with Crippen molar-refractivity contribution < 1.29 is 14.2 Å². The molecule has 0 bridgehead atoms. The van der Waals surface area contributed by atoms with Crippen LogP contribution in [0.25, 0.3) is 22.1 Å². The zero-order chi connectivity index (χ0) is 20.5. The van der Waals surface area contributed by atoms with Crippen LogP contribution in [0.5, 0.6) is 17.2 Å². The van der Waals surface area contributed by atoms with Crippen molar-refractivity contribution in [1.82, 2.24) is 9.97 Å². The van der Waals surface area contributed by atoms with Crippen molar-refractivity contribution in [2.24, 2.45) is 0 Å². The molecule has 0 spiro atoms. The lowest BCUT2D eigenvalue weighted by Gasteiger charge is -2.18. The Bertz CT molecular complexity index is 1260. The minimum absolute atomic E-state index is 0.480. The highest BCUT2D eigenvalue weighted by Crippen LogP contribution is 2.34. The Morgan fingerprint density at radius 2 is 1.37 bits per heavy atom. The Balaban J connectivity index is 1.39. The molecule has 5 rings (SSSR count). The van der Waals surface area contributed by atoms with Crippen LogP contribution in [0.3, 0.4) is 0 Å². The van der Waals surface area contributed by atoms with Gasteiger partial charge in [0.2, 0.25) is 0 Å². The number of anilines is 2. The quantitative estimate of drug-likeness (QED) is 0.375. The maximum atomic E-state index is 5.65. The van der Waals surface area contributed by atoms with E-state index in [-0.39, 0.29) is 0 Å². The van der Waals surface area contributed by atoms with Crippen molar-refractivity contribution in [1.29, 1.82) is 0 Å². The number of benzene rings is 3. The normalized spacial score (nSPS) is 12.6. The predicted molar refractivity (Wildman–Crippen MR) is 121 cm³/mol. The third kappa shape index (κ3) is 3.65. The number of nitrogens with zero attached hydrogens (tertiary/aromatic N) is 2. The van der Waals surface area contributed by atoms with Gasteiger partial charge in [0.15, 0.2) is 16.6 Å². The Morgan fingerprint density at radius 3 is 2.03 bits per heavy atom. The third-order valence-electron chi connectivity index (χ3n) is 4.70. The van der Waals surface area contributed by atoms with Crippen molar-refractivity contribution in [3.05, 3.63) is 54.6 Å². The molecule has 2 N–H and O–H groups in total. The highest BCUT2D eigenvalue weighted by atomic mass is 32.1. The molecule has 150 valence electrons. The molecule has 0 unspecified atom stereocenters. The summed E-state index contributed by atoms with van der Waals surface area (Å²) < 4.78 is 16.5. The average Bonchev–Trinajstić information content (AvgIpc) is 2.76. The summed E-state index contributed by atoms with van der Waals surface area (Å²) >= 11 is 5.43. The average molecular weight is 418 g/mol. The van der Waals surface area contributed by atoms with E-state index in [1.165, 1.54) is 0 Å². The molecule has 0 radical (unpaired) electrons. The molecule has 1 aliphatic rings. The molecule has 1 aromatic heterocycles. The van der Waals surface area contributed by atoms with Gasteiger partial charge in [0.1, 0.15) is 19.0 Å². The molecule has 0 fully saturated rings. The van der Waals surface area contributed by atoms with Crippen LogP contribution in [-0.4, -0.2) is 35.4 Å². The zero-order valence-electron chi connectivity index (χ0n) is 16.1. The summed E-state index contributed by atoms with van der Waals surface area (Å²) in [5.74, 6) is 2.19. The first kappa shape index (κ1) is 18.4. The smallest absolute Gasteiger partial charge is 0.175 e. The number of methoxy groups -OCH3 is 1. The molecule has 30 heavy (non-hydrogen) atoms. The van der Waals surface area contributed by atoms with Crippen LogP contribution in [0.1, 0.15) is 0 Å². The lowest BCUT2D eigenvalue weighted by Crippen LogP contribution is -2.19. The maximum Gasteiger partial charge on any atom is 0.175 e. The standard InChI is InChI=1S/C22H18N4O3S/c1-27-15-5-2-13(3-6-15)23-22(30)24-14-4-7-16-17(10-14)26-19-12-21-20(11-18(19)25-16)28-8-9-29-21/h2-7,10-12H,8-9H2,1H3,(H2,23,24,30). The number of ether oxygens (including phenoxy) is 3. The topological polar surface area (TPSA) is 77.5 Å². The van der Waals surface area contributed by atoms with Crippen LogP contribution < -0.4 is 24.8 Å². The first-order chi connectivity index (χ1) is 14.7. The summed E-state index contributed by atoms with van der Waals surface area (Å²) in [6, 6.07) is 17.0. The van der Waals surface area contributed by atoms with Crippen molar-refractivity contribution >= 4 is 50.8 Å². The van der Waals surface area contributed by atoms with Gasteiger partial charge in [-0.25, -0.2) is 9.97 Å². The number of nitrogens with one attached hydrogen (secondary N) is 2. The largest absolute Gasteiger partial charge is 0.497 e. The minimum Gasteiger partial charge on any atom is -0.497 e. The van der Waals surface area contributed by atoms with Gasteiger partial charge in [-0.3, -0.25) is 0 Å². The number of hydrogen-bond donors (Lipinski definition) is 2. The molecule has 1 aliphatic heterocycles. The summed E-state index contributed by atoms with van der Waals surface area (Å²) in [7, 11) is 1.63. The second kappa shape index (κ2) is 7.64. The lowest BCUT2D eigenvalue weighted by molar-refractivity contribution is 0.172. The van der Waals surface area contributed by atoms with Crippen LogP contribution in [0, 0.1) is 0 Å². The van der Waals surface area contributed by atoms with Gasteiger partial charge in [0, 0.05) is 23.5 Å². The van der Waals surface area contributed by atoms with Crippen LogP contribution >= 0.6 is 12.2 Å². The molecule has 0 saturated heterocycles. The van der Waals surface area contributed by atoms with E-state index in [2.05, 4.69) is 10.6 Å². The van der Waals surface area contributed by atoms with Gasteiger partial charge in [0.05, 0.1) is 29.2 Å². The number of rotatable bonds is 3. The molecule has 0 amide bonds. The van der Waals surface area contributed by atoms with Crippen LogP contribution in [0.4, 0.5) is 11.4 Å². The van der Waals surface area contributed by atoms with E-state index in [0.29, 0.717) is 29.8 Å². The Kier molecular flexibility index (Phi) is 4.68. The van der Waals surface area contributed by atoms with Crippen molar-refractivity contribution in [2.45, 2.75) is 0 Å². The summed E-state index contributed by atoms with van der Waals surface area (Å²) in [5, 5.41) is 6.82. The maximum absolute atomic E-state index is 5.65. The van der Waals surface area contributed by atoms with E-state index in [4.69, 9.17) is 36.4 Å². The van der Waals surface area contributed by atoms with Gasteiger partial charge in [0.25, 0.3) is 0 Å². The predicted octanol–water partition coefficient (Wildman–Crippen LogP) is 4.37. The number of thiocarbonyl (C=S) groups is 1. The lowest BCUT2D eigenvalue weighted by atomic mass is 10.2. The minimum atomic E-state index is 0.480. The first-order valence-corrected chi connectivity index (χ1v) is 9.82. The summed E-state index contributed by atoms with van der Waals surface area (Å²) in [6.45, 7) is 1.07. The molecular formula is C22H18N4O3S. The molecule has 0 aliphatic carbocycles. The Hall–Kier alpha value is -3.65. The zero-order valence-corrected chi connectivity index (χ0v) is 17.0. The van der Waals surface area contributed by atoms with Gasteiger partial charge in [-0.15, -0.1) is 0 Å². The fourth-order valence-corrected chi connectivity index (χ4v) is 3.49. The fourth-order valence-electron chi connectivity index (χ4n) is 3.26. The second-order valence-corrected chi connectivity index (χ2v) is 7.13. The summed E-state index contributed by atoms with van der Waals surface area (Å²) in [4.78, 5) is 9.45. The van der Waals surface area contributed by atoms with E-state index < -0.39 is 0 Å². The van der Waals surface area contributed by atoms with Gasteiger partial charge >= 0.3 is 0 Å². The van der Waals surface area contributed by atoms with Gasteiger partial charge in [-0.2, -0.15) is 0 Å². The summed E-state index contributed by atoms with van der Waals surface area (Å²) in [5.41, 5.74) is 4.76. The highest BCUT2D eigenvalue weighted by molar-refractivity contribution is 7.80. The first-order valence-electron chi connectivity index (χ1n) is 9.41. The van der Waals surface area contributed by atoms with Crippen molar-refractivity contribution in [3.63, 3.8) is 0 Å². The second-order valence-electron chi connectivity index (χ2n) is 6.72. The van der Waals surface area contributed by atoms with Crippen LogP contribution in [-0.2, 0) is 0 Å². The number of aromatic nitrogens is 2. The summed E-state index contributed by atoms with van der Waals surface area (Å²) in [6.07, 6.45) is 0. The molecular weight excluding hydrogens is 400 g/mol. The highest BCUT2D eigenvalue weighted by Gasteiger charge is 2.14. The molecule has 8 heteroatoms. The van der Waals surface area contributed by atoms with E-state index >= 15 is 0 Å². The molecule has 7 nitrogen and oxygen atoms in total. The third-order valence-corrected chi connectivity index (χ3v) is 4.91. The van der Waals surface area contributed by atoms with Gasteiger partial charge in [-0.05, 0) is 54.7 Å². The molecule has 0 atom stereocenters. The van der Waals surface area contributed by atoms with Crippen LogP contribution in [0.15, 0.2) is 54.6 Å². The van der Waals surface area contributed by atoms with Gasteiger partial charge < -0.3 is 24.8 Å². The fraction of sp³-hybridized carbons (Fsp3) is 0.136. The van der Waals surface area contributed by atoms with Gasteiger partial charge in [-0.1, -0.05) is 0 Å².